The van der Waals surface area contributed by atoms with Crippen molar-refractivity contribution in [1.29, 1.82) is 0 Å². The molecule has 1 aromatic rings. The van der Waals surface area contributed by atoms with Crippen molar-refractivity contribution in [3.63, 3.8) is 0 Å². The number of piperidine rings is 1. The molecule has 1 fully saturated rings. The number of anilines is 1. The Morgan fingerprint density at radius 3 is 2.63 bits per heavy atom. The Kier molecular flexibility index (Phi) is 4.27. The lowest BCUT2D eigenvalue weighted by Gasteiger charge is -2.29. The molecule has 1 saturated heterocycles. The molecule has 1 aromatic carbocycles. The van der Waals surface area contributed by atoms with Gasteiger partial charge in [0, 0.05) is 13.1 Å². The summed E-state index contributed by atoms with van der Waals surface area (Å²) in [4.78, 5) is 13.7. The maximum atomic E-state index is 11.4. The first-order chi connectivity index (χ1) is 9.10. The fourth-order valence-electron chi connectivity index (χ4n) is 2.18. The molecular weight excluding hydrogens is 244 g/mol. The van der Waals surface area contributed by atoms with Crippen LogP contribution in [0.1, 0.15) is 23.2 Å². The van der Waals surface area contributed by atoms with Gasteiger partial charge < -0.3 is 20.1 Å². The third kappa shape index (κ3) is 3.38. The average molecular weight is 264 g/mol. The second kappa shape index (κ2) is 5.93. The molecular formula is C14H20N2O3. The predicted octanol–water partition coefficient (Wildman–Crippen LogP) is 1.53. The summed E-state index contributed by atoms with van der Waals surface area (Å²) in [5.74, 6) is 0.250. The molecule has 0 atom stereocenters. The molecule has 0 amide bonds. The largest absolute Gasteiger partial charge is 0.488 e. The standard InChI is InChI=1S/C14H20N2O3/c1-16-7-5-11(6-8-16)19-13-4-3-10(9-12(13)15)14(17)18-2/h3-4,9,11H,5-8,15H2,1-2H3. The van der Waals surface area contributed by atoms with E-state index in [-0.39, 0.29) is 6.10 Å². The summed E-state index contributed by atoms with van der Waals surface area (Å²) in [5.41, 5.74) is 6.83. The van der Waals surface area contributed by atoms with Gasteiger partial charge in [-0.1, -0.05) is 0 Å². The molecule has 2 rings (SSSR count). The Labute approximate surface area is 113 Å². The summed E-state index contributed by atoms with van der Waals surface area (Å²) < 4.78 is 10.6. The van der Waals surface area contributed by atoms with Crippen molar-refractivity contribution in [2.24, 2.45) is 0 Å². The molecule has 5 nitrogen and oxygen atoms in total. The van der Waals surface area contributed by atoms with E-state index in [1.807, 2.05) is 0 Å². The number of rotatable bonds is 3. The van der Waals surface area contributed by atoms with Crippen molar-refractivity contribution in [3.8, 4) is 5.75 Å². The van der Waals surface area contributed by atoms with E-state index in [9.17, 15) is 4.79 Å². The minimum absolute atomic E-state index is 0.197. The van der Waals surface area contributed by atoms with Crippen LogP contribution in [0, 0.1) is 0 Å². The van der Waals surface area contributed by atoms with E-state index in [4.69, 9.17) is 10.5 Å². The minimum Gasteiger partial charge on any atom is -0.488 e. The van der Waals surface area contributed by atoms with Gasteiger partial charge in [-0.05, 0) is 38.1 Å². The summed E-state index contributed by atoms with van der Waals surface area (Å²) in [6, 6.07) is 5.00. The first kappa shape index (κ1) is 13.7. The minimum atomic E-state index is -0.391. The van der Waals surface area contributed by atoms with Crippen molar-refractivity contribution in [3.05, 3.63) is 23.8 Å². The number of carbonyl (C=O) groups excluding carboxylic acids is 1. The zero-order valence-corrected chi connectivity index (χ0v) is 11.4. The van der Waals surface area contributed by atoms with Crippen molar-refractivity contribution in [2.45, 2.75) is 18.9 Å². The second-order valence-electron chi connectivity index (χ2n) is 4.86. The molecule has 1 aliphatic heterocycles. The average Bonchev–Trinajstić information content (AvgIpc) is 2.42. The van der Waals surface area contributed by atoms with E-state index < -0.39 is 5.97 Å². The van der Waals surface area contributed by atoms with Crippen LogP contribution in [0.5, 0.6) is 5.75 Å². The highest BCUT2D eigenvalue weighted by atomic mass is 16.5. The lowest BCUT2D eigenvalue weighted by Crippen LogP contribution is -2.35. The number of nitrogens with two attached hydrogens (primary N) is 1. The third-order valence-electron chi connectivity index (χ3n) is 3.39. The third-order valence-corrected chi connectivity index (χ3v) is 3.39. The summed E-state index contributed by atoms with van der Waals surface area (Å²) in [5, 5.41) is 0. The molecule has 0 radical (unpaired) electrons. The van der Waals surface area contributed by atoms with Gasteiger partial charge in [0.2, 0.25) is 0 Å². The topological polar surface area (TPSA) is 64.8 Å². The Morgan fingerprint density at radius 1 is 1.37 bits per heavy atom. The van der Waals surface area contributed by atoms with Gasteiger partial charge in [0.25, 0.3) is 0 Å². The van der Waals surface area contributed by atoms with Crippen LogP contribution in [0.4, 0.5) is 5.69 Å². The number of carbonyl (C=O) groups is 1. The highest BCUT2D eigenvalue weighted by Crippen LogP contribution is 2.26. The molecule has 0 aromatic heterocycles. The number of esters is 1. The molecule has 0 spiro atoms. The van der Waals surface area contributed by atoms with Crippen LogP contribution in [0.2, 0.25) is 0 Å². The summed E-state index contributed by atoms with van der Waals surface area (Å²) in [6.07, 6.45) is 2.19. The van der Waals surface area contributed by atoms with E-state index in [1.165, 1.54) is 7.11 Å². The molecule has 2 N–H and O–H groups in total. The summed E-state index contributed by atoms with van der Waals surface area (Å²) in [7, 11) is 3.46. The number of ether oxygens (including phenoxy) is 2. The van der Waals surface area contributed by atoms with Crippen LogP contribution >= 0.6 is 0 Å². The van der Waals surface area contributed by atoms with Gasteiger partial charge in [-0.2, -0.15) is 0 Å². The molecule has 0 unspecified atom stereocenters. The van der Waals surface area contributed by atoms with Gasteiger partial charge in [0.05, 0.1) is 18.4 Å². The SMILES string of the molecule is COC(=O)c1ccc(OC2CCN(C)CC2)c(N)c1. The molecule has 0 aliphatic carbocycles. The van der Waals surface area contributed by atoms with Crippen LogP contribution < -0.4 is 10.5 Å². The van der Waals surface area contributed by atoms with Crippen LogP contribution in [-0.4, -0.2) is 44.2 Å². The van der Waals surface area contributed by atoms with Crippen molar-refractivity contribution in [1.82, 2.24) is 4.90 Å². The van der Waals surface area contributed by atoms with Gasteiger partial charge in [-0.15, -0.1) is 0 Å². The van der Waals surface area contributed by atoms with E-state index in [2.05, 4.69) is 16.7 Å². The summed E-state index contributed by atoms with van der Waals surface area (Å²) in [6.45, 7) is 2.07. The number of hydrogen-bond acceptors (Lipinski definition) is 5. The highest BCUT2D eigenvalue weighted by Gasteiger charge is 2.19. The molecule has 104 valence electrons. The van der Waals surface area contributed by atoms with Gasteiger partial charge in [0.1, 0.15) is 11.9 Å². The van der Waals surface area contributed by atoms with Crippen LogP contribution in [0.25, 0.3) is 0 Å². The van der Waals surface area contributed by atoms with Gasteiger partial charge >= 0.3 is 5.97 Å². The molecule has 0 bridgehead atoms. The smallest absolute Gasteiger partial charge is 0.337 e. The van der Waals surface area contributed by atoms with E-state index in [0.717, 1.165) is 25.9 Å². The monoisotopic (exact) mass is 264 g/mol. The zero-order chi connectivity index (χ0) is 13.8. The van der Waals surface area contributed by atoms with E-state index in [0.29, 0.717) is 17.0 Å². The normalized spacial score (nSPS) is 17.2. The molecule has 19 heavy (non-hydrogen) atoms. The maximum Gasteiger partial charge on any atom is 0.337 e. The van der Waals surface area contributed by atoms with Gasteiger partial charge in [-0.3, -0.25) is 0 Å². The Bertz CT molecular complexity index is 454. The van der Waals surface area contributed by atoms with Crippen molar-refractivity contribution in [2.75, 3.05) is 33.0 Å². The zero-order valence-electron chi connectivity index (χ0n) is 11.4. The van der Waals surface area contributed by atoms with Crippen molar-refractivity contribution >= 4 is 11.7 Å². The quantitative estimate of drug-likeness (QED) is 0.662. The fourth-order valence-corrected chi connectivity index (χ4v) is 2.18. The lowest BCUT2D eigenvalue weighted by molar-refractivity contribution is 0.0600. The van der Waals surface area contributed by atoms with E-state index >= 15 is 0 Å². The first-order valence-electron chi connectivity index (χ1n) is 6.43. The Hall–Kier alpha value is -1.75. The Morgan fingerprint density at radius 2 is 2.05 bits per heavy atom. The second-order valence-corrected chi connectivity index (χ2v) is 4.86. The van der Waals surface area contributed by atoms with Crippen molar-refractivity contribution < 1.29 is 14.3 Å². The van der Waals surface area contributed by atoms with Gasteiger partial charge in [-0.25, -0.2) is 4.79 Å². The maximum absolute atomic E-state index is 11.4. The predicted molar refractivity (Wildman–Crippen MR) is 73.3 cm³/mol. The highest BCUT2D eigenvalue weighted by molar-refractivity contribution is 5.90. The van der Waals surface area contributed by atoms with Crippen LogP contribution in [-0.2, 0) is 4.74 Å². The number of hydrogen-bond donors (Lipinski definition) is 1. The number of nitrogens with zero attached hydrogens (tertiary/aromatic N) is 1. The molecule has 0 saturated carbocycles. The Balaban J connectivity index is 2.03. The molecule has 1 aliphatic rings. The van der Waals surface area contributed by atoms with Crippen LogP contribution in [0.3, 0.4) is 0 Å². The number of nitrogen functional groups attached to an aromatic ring is 1. The lowest BCUT2D eigenvalue weighted by atomic mass is 10.1. The number of likely N-dealkylation sites (tertiary alicyclic amines) is 1. The number of methoxy groups -OCH3 is 1. The number of benzene rings is 1. The van der Waals surface area contributed by atoms with Crippen LogP contribution in [0.15, 0.2) is 18.2 Å². The first-order valence-corrected chi connectivity index (χ1v) is 6.43. The fraction of sp³-hybridized carbons (Fsp3) is 0.500. The summed E-state index contributed by atoms with van der Waals surface area (Å²) >= 11 is 0. The molecule has 1 heterocycles. The van der Waals surface area contributed by atoms with Gasteiger partial charge in [0.15, 0.2) is 0 Å². The molecule has 5 heteroatoms. The van der Waals surface area contributed by atoms with E-state index in [1.54, 1.807) is 18.2 Å².